The average molecular weight is 327 g/mol. The molecule has 0 atom stereocenters. The monoisotopic (exact) mass is 327 g/mol. The maximum absolute atomic E-state index is 12.0. The lowest BCUT2D eigenvalue weighted by molar-refractivity contribution is -0.117. The molecule has 0 unspecified atom stereocenters. The number of anilines is 2. The van der Waals surface area contributed by atoms with Gasteiger partial charge in [0.05, 0.1) is 0 Å². The number of pyridine rings is 1. The van der Waals surface area contributed by atoms with Gasteiger partial charge in [-0.2, -0.15) is 0 Å². The summed E-state index contributed by atoms with van der Waals surface area (Å²) >= 11 is 0. The summed E-state index contributed by atoms with van der Waals surface area (Å²) in [5, 5.41) is 5.52. The third kappa shape index (κ3) is 5.39. The second-order valence-corrected chi connectivity index (χ2v) is 5.94. The van der Waals surface area contributed by atoms with Crippen LogP contribution in [0.25, 0.3) is 0 Å². The molecule has 6 nitrogen and oxygen atoms in total. The molecule has 0 aliphatic heterocycles. The van der Waals surface area contributed by atoms with E-state index in [1.54, 1.807) is 42.6 Å². The highest BCUT2D eigenvalue weighted by molar-refractivity contribution is 5.92. The van der Waals surface area contributed by atoms with Gasteiger partial charge in [0.1, 0.15) is 6.54 Å². The van der Waals surface area contributed by atoms with E-state index in [1.807, 2.05) is 13.8 Å². The minimum atomic E-state index is -0.292. The topological polar surface area (TPSA) is 80.2 Å². The number of hydrogen-bond donors (Lipinski definition) is 2. The SMILES string of the molecule is CC(C)CC(=O)Nc1ccc(NC(=O)Cn2ccccc2=O)cc1. The van der Waals surface area contributed by atoms with Crippen LogP contribution in [0.1, 0.15) is 20.3 Å². The van der Waals surface area contributed by atoms with Gasteiger partial charge in [0.25, 0.3) is 5.56 Å². The summed E-state index contributed by atoms with van der Waals surface area (Å²) < 4.78 is 1.33. The zero-order valence-corrected chi connectivity index (χ0v) is 13.8. The number of carbonyl (C=O) groups excluding carboxylic acids is 2. The Balaban J connectivity index is 1.91. The highest BCUT2D eigenvalue weighted by Gasteiger charge is 2.07. The first-order valence-electron chi connectivity index (χ1n) is 7.79. The molecule has 2 aromatic rings. The molecule has 2 N–H and O–H groups in total. The van der Waals surface area contributed by atoms with Crippen molar-refractivity contribution in [3.63, 3.8) is 0 Å². The lowest BCUT2D eigenvalue weighted by Crippen LogP contribution is -2.26. The van der Waals surface area contributed by atoms with Crippen molar-refractivity contribution in [2.24, 2.45) is 5.92 Å². The van der Waals surface area contributed by atoms with Gasteiger partial charge < -0.3 is 15.2 Å². The van der Waals surface area contributed by atoms with Crippen LogP contribution in [0.15, 0.2) is 53.5 Å². The summed E-state index contributed by atoms with van der Waals surface area (Å²) in [6, 6.07) is 11.6. The zero-order valence-electron chi connectivity index (χ0n) is 13.8. The van der Waals surface area contributed by atoms with E-state index < -0.39 is 0 Å². The van der Waals surface area contributed by atoms with Gasteiger partial charge in [-0.25, -0.2) is 0 Å². The van der Waals surface area contributed by atoms with Gasteiger partial charge in [0, 0.05) is 30.1 Å². The second-order valence-electron chi connectivity index (χ2n) is 5.94. The van der Waals surface area contributed by atoms with Crippen molar-refractivity contribution >= 4 is 23.2 Å². The fourth-order valence-electron chi connectivity index (χ4n) is 2.17. The van der Waals surface area contributed by atoms with Crippen LogP contribution in [0.4, 0.5) is 11.4 Å². The maximum atomic E-state index is 12.0. The Hall–Kier alpha value is -2.89. The Labute approximate surface area is 140 Å². The number of benzene rings is 1. The molecular weight excluding hydrogens is 306 g/mol. The average Bonchev–Trinajstić information content (AvgIpc) is 2.51. The van der Waals surface area contributed by atoms with E-state index in [2.05, 4.69) is 10.6 Å². The number of amides is 2. The van der Waals surface area contributed by atoms with Crippen molar-refractivity contribution in [1.82, 2.24) is 4.57 Å². The summed E-state index contributed by atoms with van der Waals surface area (Å²) in [7, 11) is 0. The second kappa shape index (κ2) is 8.10. The van der Waals surface area contributed by atoms with Gasteiger partial charge in [0.15, 0.2) is 0 Å². The molecule has 6 heteroatoms. The summed E-state index contributed by atoms with van der Waals surface area (Å²) in [4.78, 5) is 35.3. The molecule has 24 heavy (non-hydrogen) atoms. The molecule has 0 bridgehead atoms. The Morgan fingerprint density at radius 1 is 0.958 bits per heavy atom. The van der Waals surface area contributed by atoms with Crippen molar-refractivity contribution in [1.29, 1.82) is 0 Å². The fourth-order valence-corrected chi connectivity index (χ4v) is 2.17. The Bertz CT molecular complexity index is 764. The predicted molar refractivity (Wildman–Crippen MR) is 93.9 cm³/mol. The van der Waals surface area contributed by atoms with E-state index in [1.165, 1.54) is 10.6 Å². The van der Waals surface area contributed by atoms with Crippen LogP contribution in [0.2, 0.25) is 0 Å². The maximum Gasteiger partial charge on any atom is 0.250 e. The van der Waals surface area contributed by atoms with Crippen molar-refractivity contribution in [3.05, 3.63) is 59.0 Å². The first kappa shape index (κ1) is 17.5. The highest BCUT2D eigenvalue weighted by Crippen LogP contribution is 2.14. The van der Waals surface area contributed by atoms with E-state index in [0.717, 1.165) is 0 Å². The molecular formula is C18H21N3O3. The normalized spacial score (nSPS) is 10.5. The quantitative estimate of drug-likeness (QED) is 0.855. The van der Waals surface area contributed by atoms with Crippen LogP contribution in [-0.2, 0) is 16.1 Å². The van der Waals surface area contributed by atoms with Crippen molar-refractivity contribution in [2.75, 3.05) is 10.6 Å². The summed E-state index contributed by atoms with van der Waals surface area (Å²) in [5.74, 6) is -0.0323. The van der Waals surface area contributed by atoms with Crippen molar-refractivity contribution in [2.45, 2.75) is 26.8 Å². The molecule has 0 saturated heterocycles. The van der Waals surface area contributed by atoms with Gasteiger partial charge in [0.2, 0.25) is 11.8 Å². The van der Waals surface area contributed by atoms with Crippen LogP contribution in [-0.4, -0.2) is 16.4 Å². The zero-order chi connectivity index (χ0) is 17.5. The molecule has 2 rings (SSSR count). The number of nitrogens with one attached hydrogen (secondary N) is 2. The minimum Gasteiger partial charge on any atom is -0.326 e. The van der Waals surface area contributed by atoms with E-state index in [-0.39, 0.29) is 23.9 Å². The summed E-state index contributed by atoms with van der Waals surface area (Å²) in [5.41, 5.74) is 1.06. The van der Waals surface area contributed by atoms with E-state index in [9.17, 15) is 14.4 Å². The molecule has 0 fully saturated rings. The Morgan fingerprint density at radius 3 is 2.08 bits per heavy atom. The molecule has 1 heterocycles. The number of hydrogen-bond acceptors (Lipinski definition) is 3. The third-order valence-corrected chi connectivity index (χ3v) is 3.26. The lowest BCUT2D eigenvalue weighted by Gasteiger charge is -2.09. The smallest absolute Gasteiger partial charge is 0.250 e. The summed E-state index contributed by atoms with van der Waals surface area (Å²) in [6.45, 7) is 3.92. The number of rotatable bonds is 6. The van der Waals surface area contributed by atoms with Gasteiger partial charge >= 0.3 is 0 Å². The molecule has 1 aromatic heterocycles. The van der Waals surface area contributed by atoms with Crippen molar-refractivity contribution < 1.29 is 9.59 Å². The van der Waals surface area contributed by atoms with Gasteiger partial charge in [-0.3, -0.25) is 14.4 Å². The lowest BCUT2D eigenvalue weighted by atomic mass is 10.1. The molecule has 1 aromatic carbocycles. The largest absolute Gasteiger partial charge is 0.326 e. The number of nitrogens with zero attached hydrogens (tertiary/aromatic N) is 1. The van der Waals surface area contributed by atoms with Crippen LogP contribution in [0.5, 0.6) is 0 Å². The summed E-state index contributed by atoms with van der Waals surface area (Å²) in [6.07, 6.45) is 2.03. The Kier molecular flexibility index (Phi) is 5.89. The van der Waals surface area contributed by atoms with Crippen LogP contribution in [0, 0.1) is 5.92 Å². The minimum absolute atomic E-state index is 0.0368. The van der Waals surface area contributed by atoms with Crippen LogP contribution >= 0.6 is 0 Å². The molecule has 0 spiro atoms. The van der Waals surface area contributed by atoms with Gasteiger partial charge in [-0.1, -0.05) is 19.9 Å². The first-order chi connectivity index (χ1) is 11.4. The van der Waals surface area contributed by atoms with Crippen LogP contribution in [0.3, 0.4) is 0 Å². The molecule has 126 valence electrons. The third-order valence-electron chi connectivity index (χ3n) is 3.26. The highest BCUT2D eigenvalue weighted by atomic mass is 16.2. The predicted octanol–water partition coefficient (Wildman–Crippen LogP) is 2.47. The first-order valence-corrected chi connectivity index (χ1v) is 7.79. The molecule has 0 aliphatic rings. The number of carbonyl (C=O) groups is 2. The van der Waals surface area contributed by atoms with Crippen LogP contribution < -0.4 is 16.2 Å². The molecule has 0 radical (unpaired) electrons. The standard InChI is InChI=1S/C18H21N3O3/c1-13(2)11-16(22)19-14-6-8-15(9-7-14)20-17(23)12-21-10-4-3-5-18(21)24/h3-10,13H,11-12H2,1-2H3,(H,19,22)(H,20,23). The van der Waals surface area contributed by atoms with Crippen molar-refractivity contribution in [3.8, 4) is 0 Å². The molecule has 0 aliphatic carbocycles. The fraction of sp³-hybridized carbons (Fsp3) is 0.278. The molecule has 0 saturated carbocycles. The van der Waals surface area contributed by atoms with E-state index in [4.69, 9.17) is 0 Å². The van der Waals surface area contributed by atoms with Gasteiger partial charge in [-0.15, -0.1) is 0 Å². The van der Waals surface area contributed by atoms with Gasteiger partial charge in [-0.05, 0) is 36.2 Å². The van der Waals surface area contributed by atoms with E-state index >= 15 is 0 Å². The Morgan fingerprint density at radius 2 is 1.54 bits per heavy atom. The number of aromatic nitrogens is 1. The van der Waals surface area contributed by atoms with E-state index in [0.29, 0.717) is 23.7 Å². The molecule has 2 amide bonds.